The van der Waals surface area contributed by atoms with Crippen molar-refractivity contribution in [3.8, 4) is 11.4 Å². The maximum absolute atomic E-state index is 14.1. The van der Waals surface area contributed by atoms with Crippen molar-refractivity contribution >= 4 is 16.2 Å². The van der Waals surface area contributed by atoms with Gasteiger partial charge in [0.15, 0.2) is 0 Å². The second-order valence-corrected chi connectivity index (χ2v) is 10.1. The normalized spacial score (nSPS) is 17.0. The molecule has 1 aromatic carbocycles. The Balaban J connectivity index is 1.54. The fraction of sp³-hybridized carbons (Fsp3) is 0.550. The molecular weight excluding hydrogens is 459 g/mol. The topological polar surface area (TPSA) is 147 Å². The molecule has 1 atom stereocenters. The fourth-order valence-corrected chi connectivity index (χ4v) is 3.76. The molecule has 0 aliphatic carbocycles. The van der Waals surface area contributed by atoms with Crippen molar-refractivity contribution in [1.29, 1.82) is 0 Å². The highest BCUT2D eigenvalue weighted by Crippen LogP contribution is 2.26. The Morgan fingerprint density at radius 1 is 1.30 bits per heavy atom. The highest BCUT2D eigenvalue weighted by Gasteiger charge is 2.28. The van der Waals surface area contributed by atoms with E-state index in [0.717, 1.165) is 12.1 Å². The molecule has 2 heterocycles. The molecule has 0 saturated carbocycles. The maximum Gasteiger partial charge on any atom is 0.528 e. The number of aromatic nitrogens is 2. The number of piperidine rings is 1. The van der Waals surface area contributed by atoms with E-state index in [9.17, 15) is 17.6 Å². The molecule has 0 bridgehead atoms. The van der Waals surface area contributed by atoms with E-state index in [1.165, 1.54) is 11.1 Å². The van der Waals surface area contributed by atoms with Crippen LogP contribution < -0.4 is 5.14 Å². The molecule has 1 aliphatic heterocycles. The van der Waals surface area contributed by atoms with Crippen LogP contribution in [0.3, 0.4) is 0 Å². The smallest absolute Gasteiger partial charge is 0.427 e. The molecule has 0 amide bonds. The van der Waals surface area contributed by atoms with Gasteiger partial charge in [0.1, 0.15) is 22.4 Å². The lowest BCUT2D eigenvalue weighted by atomic mass is 10.1. The number of sulfonamides is 1. The molecule has 0 radical (unpaired) electrons. The first kappa shape index (κ1) is 25.0. The van der Waals surface area contributed by atoms with Gasteiger partial charge >= 0.3 is 6.16 Å². The Hall–Kier alpha value is -2.61. The molecule has 2 N–H and O–H groups in total. The number of carbonyl (C=O) groups excluding carboxylic acids is 1. The molecule has 1 fully saturated rings. The predicted octanol–water partition coefficient (Wildman–Crippen LogP) is 2.93. The molecule has 0 spiro atoms. The Morgan fingerprint density at radius 3 is 2.55 bits per heavy atom. The van der Waals surface area contributed by atoms with Crippen molar-refractivity contribution in [3.63, 3.8) is 0 Å². The molecular formula is C20H27FN4O7S. The summed E-state index contributed by atoms with van der Waals surface area (Å²) in [5, 5.41) is 10.3. The quantitative estimate of drug-likeness (QED) is 0.604. The number of rotatable bonds is 6. The monoisotopic (exact) mass is 486 g/mol. The van der Waals surface area contributed by atoms with Gasteiger partial charge in [-0.05, 0) is 58.7 Å². The number of halogens is 1. The van der Waals surface area contributed by atoms with Crippen molar-refractivity contribution in [3.05, 3.63) is 29.9 Å². The number of nitrogens with zero attached hydrogens (tertiary/aromatic N) is 3. The van der Waals surface area contributed by atoms with Crippen LogP contribution in [-0.2, 0) is 24.3 Å². The van der Waals surface area contributed by atoms with Gasteiger partial charge in [0.25, 0.3) is 5.89 Å². The molecule has 33 heavy (non-hydrogen) atoms. The first-order chi connectivity index (χ1) is 15.3. The molecule has 1 saturated heterocycles. The van der Waals surface area contributed by atoms with Gasteiger partial charge in [0.05, 0.1) is 6.10 Å². The minimum Gasteiger partial charge on any atom is -0.427 e. The number of carbonyl (C=O) groups is 1. The summed E-state index contributed by atoms with van der Waals surface area (Å²) in [6.45, 7) is 7.96. The zero-order chi connectivity index (χ0) is 24.4. The van der Waals surface area contributed by atoms with Crippen molar-refractivity contribution in [2.24, 2.45) is 5.14 Å². The highest BCUT2D eigenvalue weighted by molar-refractivity contribution is 7.89. The Kier molecular flexibility index (Phi) is 7.36. The van der Waals surface area contributed by atoms with Crippen LogP contribution in [0.4, 0.5) is 9.18 Å². The van der Waals surface area contributed by atoms with Crippen molar-refractivity contribution in [2.75, 3.05) is 13.1 Å². The van der Waals surface area contributed by atoms with Gasteiger partial charge in [-0.25, -0.2) is 22.7 Å². The Bertz CT molecular complexity index is 1090. The molecule has 2 aromatic rings. The van der Waals surface area contributed by atoms with Crippen LogP contribution in [0.5, 0.6) is 0 Å². The average Bonchev–Trinajstić information content (AvgIpc) is 3.17. The van der Waals surface area contributed by atoms with Crippen molar-refractivity contribution in [2.45, 2.75) is 63.2 Å². The fourth-order valence-electron chi connectivity index (χ4n) is 3.17. The minimum atomic E-state index is -4.17. The first-order valence-corrected chi connectivity index (χ1v) is 11.8. The van der Waals surface area contributed by atoms with Crippen LogP contribution in [0.1, 0.15) is 52.5 Å². The van der Waals surface area contributed by atoms with Gasteiger partial charge in [-0.3, -0.25) is 0 Å². The zero-order valence-corrected chi connectivity index (χ0v) is 19.6. The second-order valence-electron chi connectivity index (χ2n) is 8.61. The number of ether oxygens (including phenoxy) is 2. The second kappa shape index (κ2) is 9.71. The lowest BCUT2D eigenvalue weighted by Gasteiger charge is -2.31. The number of nitrogens with two attached hydrogens (primary N) is 1. The molecule has 1 aliphatic rings. The van der Waals surface area contributed by atoms with Crippen LogP contribution >= 0.6 is 0 Å². The number of hydrogen-bond acceptors (Lipinski definition) is 10. The van der Waals surface area contributed by atoms with E-state index in [-0.39, 0.29) is 23.4 Å². The summed E-state index contributed by atoms with van der Waals surface area (Å²) in [5.74, 6) is -0.736. The summed E-state index contributed by atoms with van der Waals surface area (Å²) in [6, 6.07) is 3.35. The third-order valence-electron chi connectivity index (χ3n) is 4.68. The lowest BCUT2D eigenvalue weighted by Crippen LogP contribution is -2.40. The van der Waals surface area contributed by atoms with Crippen molar-refractivity contribution < 1.29 is 36.4 Å². The first-order valence-electron chi connectivity index (χ1n) is 10.3. The van der Waals surface area contributed by atoms with Crippen LogP contribution in [0.25, 0.3) is 11.4 Å². The molecule has 3 rings (SSSR count). The van der Waals surface area contributed by atoms with E-state index in [1.807, 2.05) is 0 Å². The van der Waals surface area contributed by atoms with E-state index in [1.54, 1.807) is 27.7 Å². The van der Waals surface area contributed by atoms with Crippen LogP contribution in [-0.4, -0.2) is 54.6 Å². The van der Waals surface area contributed by atoms with Crippen LogP contribution in [0.2, 0.25) is 0 Å². The predicted molar refractivity (Wildman–Crippen MR) is 112 cm³/mol. The minimum absolute atomic E-state index is 0.0842. The summed E-state index contributed by atoms with van der Waals surface area (Å²) in [4.78, 5) is 20.6. The average molecular weight is 487 g/mol. The van der Waals surface area contributed by atoms with Crippen molar-refractivity contribution in [1.82, 2.24) is 15.2 Å². The van der Waals surface area contributed by atoms with E-state index >= 15 is 0 Å². The number of hydrogen-bond donors (Lipinski definition) is 1. The third-order valence-corrected chi connectivity index (χ3v) is 5.62. The van der Waals surface area contributed by atoms with Gasteiger partial charge in [0.2, 0.25) is 15.8 Å². The number of primary sulfonamides is 1. The van der Waals surface area contributed by atoms with E-state index in [4.69, 9.17) is 24.0 Å². The van der Waals surface area contributed by atoms with E-state index < -0.39 is 38.6 Å². The molecule has 182 valence electrons. The molecule has 11 nitrogen and oxygen atoms in total. The van der Waals surface area contributed by atoms with E-state index in [0.29, 0.717) is 25.9 Å². The Morgan fingerprint density at radius 2 is 1.97 bits per heavy atom. The summed E-state index contributed by atoms with van der Waals surface area (Å²) < 4.78 is 53.1. The summed E-state index contributed by atoms with van der Waals surface area (Å²) in [7, 11) is -4.17. The summed E-state index contributed by atoms with van der Waals surface area (Å²) in [5.41, 5.74) is -0.401. The lowest BCUT2D eigenvalue weighted by molar-refractivity contribution is -0.169. The highest BCUT2D eigenvalue weighted by atomic mass is 32.2. The Labute approximate surface area is 191 Å². The SMILES string of the molecule is CC(OC1CCN(OC(=O)OC(C)(C)C)CC1)c1nc(-c2ccc(S(N)(=O)=O)c(F)c2)no1. The number of benzene rings is 1. The van der Waals surface area contributed by atoms with Crippen LogP contribution in [0, 0.1) is 5.82 Å². The van der Waals surface area contributed by atoms with E-state index in [2.05, 4.69) is 10.1 Å². The van der Waals surface area contributed by atoms with Gasteiger partial charge in [-0.2, -0.15) is 4.98 Å². The molecule has 1 unspecified atom stereocenters. The third kappa shape index (κ3) is 6.93. The zero-order valence-electron chi connectivity index (χ0n) is 18.8. The largest absolute Gasteiger partial charge is 0.528 e. The standard InChI is InChI=1S/C20H27FN4O7S/c1-12(29-14-7-9-25(10-8-14)32-19(26)30-20(2,3)4)18-23-17(24-31-18)13-5-6-16(15(21)11-13)33(22,27)28/h5-6,11-12,14H,7-10H2,1-4H3,(H2,22,27,28). The van der Waals surface area contributed by atoms with Crippen LogP contribution in [0.15, 0.2) is 27.6 Å². The summed E-state index contributed by atoms with van der Waals surface area (Å²) >= 11 is 0. The maximum atomic E-state index is 14.1. The number of hydroxylamine groups is 2. The summed E-state index contributed by atoms with van der Waals surface area (Å²) in [6.07, 6.45) is -0.200. The van der Waals surface area contributed by atoms with Gasteiger partial charge in [-0.15, -0.1) is 5.06 Å². The van der Waals surface area contributed by atoms with Gasteiger partial charge in [-0.1, -0.05) is 5.16 Å². The molecule has 1 aromatic heterocycles. The van der Waals surface area contributed by atoms with Gasteiger partial charge < -0.3 is 18.8 Å². The van der Waals surface area contributed by atoms with Gasteiger partial charge in [0, 0.05) is 18.7 Å². The molecule has 13 heteroatoms.